The maximum atomic E-state index is 13.5. The van der Waals surface area contributed by atoms with Gasteiger partial charge in [0, 0.05) is 5.41 Å². The van der Waals surface area contributed by atoms with Crippen molar-refractivity contribution in [3.8, 4) is 0 Å². The van der Waals surface area contributed by atoms with Crippen LogP contribution in [0.3, 0.4) is 0 Å². The summed E-state index contributed by atoms with van der Waals surface area (Å²) in [6.45, 7) is 10.6. The van der Waals surface area contributed by atoms with Crippen molar-refractivity contribution < 1.29 is 9.59 Å². The van der Waals surface area contributed by atoms with Crippen LogP contribution in [0.25, 0.3) is 0 Å². The van der Waals surface area contributed by atoms with Crippen molar-refractivity contribution in [2.24, 2.45) is 10.8 Å². The van der Waals surface area contributed by atoms with Gasteiger partial charge in [-0.15, -0.1) is 0 Å². The number of piperidine rings is 1. The molecule has 0 N–H and O–H groups in total. The van der Waals surface area contributed by atoms with Crippen LogP contribution in [-0.4, -0.2) is 16.7 Å². The Hall–Kier alpha value is -2.42. The molecule has 3 atom stereocenters. The number of carbonyl (C=O) groups excluding carboxylic acids is 2. The van der Waals surface area contributed by atoms with Crippen molar-refractivity contribution in [3.05, 3.63) is 70.8 Å². The zero-order valence-corrected chi connectivity index (χ0v) is 16.8. The average molecular weight is 361 g/mol. The van der Waals surface area contributed by atoms with Crippen LogP contribution < -0.4 is 0 Å². The summed E-state index contributed by atoms with van der Waals surface area (Å²) in [6, 6.07) is 16.2. The number of hydrogen-bond acceptors (Lipinski definition) is 2. The van der Waals surface area contributed by atoms with Gasteiger partial charge in [-0.3, -0.25) is 14.5 Å². The number of nitrogens with zero attached hydrogens (tertiary/aromatic N) is 1. The molecule has 4 rings (SSSR count). The summed E-state index contributed by atoms with van der Waals surface area (Å²) >= 11 is 0. The fourth-order valence-corrected chi connectivity index (χ4v) is 6.04. The molecular weight excluding hydrogens is 334 g/mol. The van der Waals surface area contributed by atoms with Crippen molar-refractivity contribution in [1.29, 1.82) is 0 Å². The molecule has 1 aliphatic heterocycles. The van der Waals surface area contributed by atoms with E-state index >= 15 is 0 Å². The first-order valence-corrected chi connectivity index (χ1v) is 9.73. The lowest BCUT2D eigenvalue weighted by Gasteiger charge is -2.30. The molecule has 1 aliphatic carbocycles. The SMILES string of the molecule is CCC1(c2cc(C)cc(C)c2)[C@]2(C)C(=O)N(Cc3ccccc3)C(=O)[C@]12C. The Bertz CT molecular complexity index is 900. The van der Waals surface area contributed by atoms with Crippen LogP contribution in [-0.2, 0) is 21.5 Å². The van der Waals surface area contributed by atoms with Gasteiger partial charge in [-0.1, -0.05) is 66.6 Å². The number of aryl methyl sites for hydroxylation is 2. The van der Waals surface area contributed by atoms with Crippen LogP contribution in [0.2, 0.25) is 0 Å². The maximum Gasteiger partial charge on any atom is 0.237 e. The Kier molecular flexibility index (Phi) is 3.69. The number of fused-ring (bicyclic) bond motifs is 1. The molecule has 2 aliphatic rings. The van der Waals surface area contributed by atoms with Gasteiger partial charge in [0.1, 0.15) is 0 Å². The second-order valence-electron chi connectivity index (χ2n) is 8.57. The molecule has 0 bridgehead atoms. The van der Waals surface area contributed by atoms with E-state index in [1.54, 1.807) is 0 Å². The largest absolute Gasteiger partial charge is 0.277 e. The van der Waals surface area contributed by atoms with Crippen molar-refractivity contribution in [3.63, 3.8) is 0 Å². The number of rotatable bonds is 4. The molecule has 2 aromatic rings. The Morgan fingerprint density at radius 3 is 1.85 bits per heavy atom. The molecule has 3 nitrogen and oxygen atoms in total. The Morgan fingerprint density at radius 2 is 1.37 bits per heavy atom. The van der Waals surface area contributed by atoms with Crippen LogP contribution in [0.1, 0.15) is 49.4 Å². The Balaban J connectivity index is 1.78. The minimum atomic E-state index is -0.680. The predicted octanol–water partition coefficient (Wildman–Crippen LogP) is 4.55. The third-order valence-electron chi connectivity index (χ3n) is 7.42. The molecule has 27 heavy (non-hydrogen) atoms. The molecule has 0 aromatic heterocycles. The molecule has 0 spiro atoms. The first-order valence-electron chi connectivity index (χ1n) is 9.73. The standard InChI is InChI=1S/C24H27NO2/c1-6-24(19-13-16(2)12-17(3)14-19)22(4)20(26)25(21(27)23(22,24)5)15-18-10-8-7-9-11-18/h7-14H,6,15H2,1-5H3/t22-,23+,24?. The van der Waals surface area contributed by atoms with E-state index in [1.165, 1.54) is 16.0 Å². The molecule has 1 saturated carbocycles. The van der Waals surface area contributed by atoms with Crippen molar-refractivity contribution in [2.45, 2.75) is 53.0 Å². The third-order valence-corrected chi connectivity index (χ3v) is 7.42. The summed E-state index contributed by atoms with van der Waals surface area (Å²) < 4.78 is 0. The summed E-state index contributed by atoms with van der Waals surface area (Å²) in [5, 5.41) is 0. The highest BCUT2D eigenvalue weighted by molar-refractivity contribution is 6.17. The zero-order chi connectivity index (χ0) is 19.6. The summed E-state index contributed by atoms with van der Waals surface area (Å²) in [5.74, 6) is -0.0558. The van der Waals surface area contributed by atoms with Gasteiger partial charge in [0.05, 0.1) is 17.4 Å². The van der Waals surface area contributed by atoms with Crippen LogP contribution in [0, 0.1) is 24.7 Å². The maximum absolute atomic E-state index is 13.5. The van der Waals surface area contributed by atoms with E-state index in [4.69, 9.17) is 0 Å². The van der Waals surface area contributed by atoms with Gasteiger partial charge in [0.2, 0.25) is 11.8 Å². The van der Waals surface area contributed by atoms with Crippen molar-refractivity contribution in [1.82, 2.24) is 4.90 Å². The zero-order valence-electron chi connectivity index (χ0n) is 16.8. The number of imide groups is 1. The Labute approximate surface area is 161 Å². The molecule has 2 aromatic carbocycles. The predicted molar refractivity (Wildman–Crippen MR) is 106 cm³/mol. The van der Waals surface area contributed by atoms with Crippen molar-refractivity contribution in [2.75, 3.05) is 0 Å². The van der Waals surface area contributed by atoms with E-state index in [9.17, 15) is 9.59 Å². The lowest BCUT2D eigenvalue weighted by molar-refractivity contribution is -0.146. The van der Waals surface area contributed by atoms with Gasteiger partial charge in [0.15, 0.2) is 0 Å². The first-order chi connectivity index (χ1) is 12.7. The van der Waals surface area contributed by atoms with E-state index < -0.39 is 16.2 Å². The number of likely N-dealkylation sites (tertiary alicyclic amines) is 1. The van der Waals surface area contributed by atoms with Crippen LogP contribution in [0.5, 0.6) is 0 Å². The second-order valence-corrected chi connectivity index (χ2v) is 8.57. The minimum Gasteiger partial charge on any atom is -0.277 e. The number of amides is 2. The molecule has 1 heterocycles. The van der Waals surface area contributed by atoms with E-state index in [2.05, 4.69) is 39.0 Å². The molecule has 1 unspecified atom stereocenters. The molecule has 140 valence electrons. The molecule has 1 saturated heterocycles. The van der Waals surface area contributed by atoms with Crippen LogP contribution in [0.15, 0.2) is 48.5 Å². The van der Waals surface area contributed by atoms with Crippen LogP contribution >= 0.6 is 0 Å². The van der Waals surface area contributed by atoms with Gasteiger partial charge in [0.25, 0.3) is 0 Å². The summed E-state index contributed by atoms with van der Waals surface area (Å²) in [6.07, 6.45) is 0.777. The van der Waals surface area contributed by atoms with Gasteiger partial charge >= 0.3 is 0 Å². The highest BCUT2D eigenvalue weighted by atomic mass is 16.2. The number of hydrogen-bond donors (Lipinski definition) is 0. The number of benzene rings is 2. The highest BCUT2D eigenvalue weighted by Crippen LogP contribution is 2.83. The van der Waals surface area contributed by atoms with E-state index in [0.29, 0.717) is 6.54 Å². The lowest BCUT2D eigenvalue weighted by Crippen LogP contribution is -2.42. The molecule has 2 fully saturated rings. The molecule has 0 radical (unpaired) electrons. The topological polar surface area (TPSA) is 37.4 Å². The van der Waals surface area contributed by atoms with E-state index in [0.717, 1.165) is 17.5 Å². The Morgan fingerprint density at radius 1 is 0.852 bits per heavy atom. The van der Waals surface area contributed by atoms with E-state index in [1.807, 2.05) is 44.2 Å². The molecule has 2 amide bonds. The van der Waals surface area contributed by atoms with Gasteiger partial charge < -0.3 is 0 Å². The second kappa shape index (κ2) is 5.54. The monoisotopic (exact) mass is 361 g/mol. The van der Waals surface area contributed by atoms with Gasteiger partial charge in [-0.25, -0.2) is 0 Å². The van der Waals surface area contributed by atoms with Crippen LogP contribution in [0.4, 0.5) is 0 Å². The summed E-state index contributed by atoms with van der Waals surface area (Å²) in [5.41, 5.74) is 2.70. The summed E-state index contributed by atoms with van der Waals surface area (Å²) in [7, 11) is 0. The normalized spacial score (nSPS) is 32.0. The fourth-order valence-electron chi connectivity index (χ4n) is 6.04. The molecular formula is C24H27NO2. The third kappa shape index (κ3) is 1.92. The minimum absolute atomic E-state index is 0.0279. The fraction of sp³-hybridized carbons (Fsp3) is 0.417. The quantitative estimate of drug-likeness (QED) is 0.750. The van der Waals surface area contributed by atoms with Gasteiger partial charge in [-0.05, 0) is 45.2 Å². The highest BCUT2D eigenvalue weighted by Gasteiger charge is 2.92. The number of carbonyl (C=O) groups is 2. The molecule has 3 heteroatoms. The first kappa shape index (κ1) is 18.0. The average Bonchev–Trinajstić information content (AvgIpc) is 3.05. The van der Waals surface area contributed by atoms with Gasteiger partial charge in [-0.2, -0.15) is 0 Å². The van der Waals surface area contributed by atoms with Crippen molar-refractivity contribution >= 4 is 11.8 Å². The smallest absolute Gasteiger partial charge is 0.237 e. The van der Waals surface area contributed by atoms with E-state index in [-0.39, 0.29) is 11.8 Å². The summed E-state index contributed by atoms with van der Waals surface area (Å²) in [4.78, 5) is 28.5. The lowest BCUT2D eigenvalue weighted by atomic mass is 9.80.